The summed E-state index contributed by atoms with van der Waals surface area (Å²) in [7, 11) is -0.256. The third kappa shape index (κ3) is 4.40. The highest BCUT2D eigenvalue weighted by atomic mass is 32.2. The molecule has 2 aliphatic rings. The molecule has 1 aliphatic heterocycles. The summed E-state index contributed by atoms with van der Waals surface area (Å²) < 4.78 is 32.8. The molecule has 0 bridgehead atoms. The van der Waals surface area contributed by atoms with E-state index in [1.807, 2.05) is 30.3 Å². The zero-order chi connectivity index (χ0) is 24.6. The van der Waals surface area contributed by atoms with E-state index < -0.39 is 28.4 Å². The number of esters is 1. The predicted octanol–water partition coefficient (Wildman–Crippen LogP) is 2.48. The number of para-hydroxylation sites is 2. The van der Waals surface area contributed by atoms with Crippen LogP contribution in [-0.4, -0.2) is 46.9 Å². The van der Waals surface area contributed by atoms with Crippen molar-refractivity contribution < 1.29 is 22.7 Å². The van der Waals surface area contributed by atoms with E-state index in [1.165, 1.54) is 18.2 Å². The number of carbonyl (C=O) groups is 2. The molecule has 0 saturated heterocycles. The molecule has 0 spiro atoms. The van der Waals surface area contributed by atoms with Crippen LogP contribution in [0.3, 0.4) is 0 Å². The molecule has 10 heteroatoms. The zero-order valence-electron chi connectivity index (χ0n) is 19.0. The lowest BCUT2D eigenvalue weighted by Gasteiger charge is -2.19. The zero-order valence-corrected chi connectivity index (χ0v) is 19.8. The topological polar surface area (TPSA) is 120 Å². The summed E-state index contributed by atoms with van der Waals surface area (Å²) in [5.74, 6) is -1.11. The fourth-order valence-corrected chi connectivity index (χ4v) is 5.15. The summed E-state index contributed by atoms with van der Waals surface area (Å²) in [6.45, 7) is 0.992. The highest BCUT2D eigenvalue weighted by Crippen LogP contribution is 2.40. The molecule has 9 nitrogen and oxygen atoms in total. The monoisotopic (exact) mass is 480 g/mol. The molecule has 2 aromatic rings. The maximum Gasteiger partial charge on any atom is 0.338 e. The van der Waals surface area contributed by atoms with Crippen LogP contribution in [0.2, 0.25) is 0 Å². The first-order chi connectivity index (χ1) is 16.1. The van der Waals surface area contributed by atoms with E-state index in [4.69, 9.17) is 4.74 Å². The van der Waals surface area contributed by atoms with E-state index in [-0.39, 0.29) is 22.1 Å². The number of nitriles is 1. The minimum atomic E-state index is -3.75. The Bertz CT molecular complexity index is 1320. The van der Waals surface area contributed by atoms with Gasteiger partial charge in [0.1, 0.15) is 17.5 Å². The average molecular weight is 481 g/mol. The van der Waals surface area contributed by atoms with Crippen LogP contribution in [0, 0.1) is 18.3 Å². The molecule has 4 rings (SSSR count). The number of aryl methyl sites for hydroxylation is 1. The second-order valence-corrected chi connectivity index (χ2v) is 10.0. The minimum absolute atomic E-state index is 0.0418. The Morgan fingerprint density at radius 3 is 2.29 bits per heavy atom. The summed E-state index contributed by atoms with van der Waals surface area (Å²) in [6.07, 6.45) is 1.57. The standard InChI is InChI=1S/C24H24N4O5S/c1-15-8-11-17(34(31,32)26-16-9-10-16)12-18(15)24(30)33-14-22(29)19(13-25)23-27(2)20-6-4-5-7-21(20)28(23)3/h4-8,11-12,16,26H,9-10,14H2,1-3H3. The molecule has 1 heterocycles. The first kappa shape index (κ1) is 23.5. The molecule has 2 aromatic carbocycles. The number of nitrogens with one attached hydrogen (secondary N) is 1. The Morgan fingerprint density at radius 2 is 1.74 bits per heavy atom. The van der Waals surface area contributed by atoms with Crippen molar-refractivity contribution in [1.29, 1.82) is 5.26 Å². The minimum Gasteiger partial charge on any atom is -0.454 e. The van der Waals surface area contributed by atoms with E-state index in [2.05, 4.69) is 4.72 Å². The van der Waals surface area contributed by atoms with E-state index in [0.717, 1.165) is 24.2 Å². The SMILES string of the molecule is Cc1ccc(S(=O)(=O)NC2CC2)cc1C(=O)OCC(=O)C(C#N)=C1N(C)c2ccccc2N1C. The molecule has 1 aliphatic carbocycles. The van der Waals surface area contributed by atoms with Crippen LogP contribution in [0.5, 0.6) is 0 Å². The smallest absolute Gasteiger partial charge is 0.338 e. The van der Waals surface area contributed by atoms with E-state index in [1.54, 1.807) is 30.8 Å². The van der Waals surface area contributed by atoms with Gasteiger partial charge in [0.05, 0.1) is 21.8 Å². The quantitative estimate of drug-likeness (QED) is 0.365. The molecular formula is C24H24N4O5S. The number of rotatable bonds is 7. The molecule has 0 aromatic heterocycles. The fourth-order valence-electron chi connectivity index (χ4n) is 3.81. The maximum atomic E-state index is 12.9. The van der Waals surface area contributed by atoms with Gasteiger partial charge in [-0.1, -0.05) is 18.2 Å². The lowest BCUT2D eigenvalue weighted by atomic mass is 10.1. The molecule has 1 N–H and O–H groups in total. The first-order valence-corrected chi connectivity index (χ1v) is 12.2. The molecule has 34 heavy (non-hydrogen) atoms. The Hall–Kier alpha value is -3.68. The van der Waals surface area contributed by atoms with Crippen LogP contribution in [0.15, 0.2) is 58.8 Å². The molecule has 1 saturated carbocycles. The predicted molar refractivity (Wildman–Crippen MR) is 126 cm³/mol. The number of Topliss-reactive ketones (excluding diaryl/α,β-unsaturated/α-hetero) is 1. The van der Waals surface area contributed by atoms with Gasteiger partial charge in [-0.3, -0.25) is 4.79 Å². The van der Waals surface area contributed by atoms with Crippen molar-refractivity contribution >= 4 is 33.2 Å². The lowest BCUT2D eigenvalue weighted by Crippen LogP contribution is -2.28. The van der Waals surface area contributed by atoms with Crippen LogP contribution in [0.4, 0.5) is 11.4 Å². The molecule has 0 atom stereocenters. The van der Waals surface area contributed by atoms with Gasteiger partial charge < -0.3 is 14.5 Å². The van der Waals surface area contributed by atoms with Gasteiger partial charge in [-0.15, -0.1) is 0 Å². The van der Waals surface area contributed by atoms with Gasteiger partial charge in [0, 0.05) is 20.1 Å². The molecule has 0 amide bonds. The number of hydrogen-bond acceptors (Lipinski definition) is 8. The molecule has 176 valence electrons. The number of fused-ring (bicyclic) bond motifs is 1. The van der Waals surface area contributed by atoms with Gasteiger partial charge in [0.25, 0.3) is 0 Å². The largest absolute Gasteiger partial charge is 0.454 e. The van der Waals surface area contributed by atoms with Crippen LogP contribution in [0.25, 0.3) is 0 Å². The van der Waals surface area contributed by atoms with Crippen LogP contribution >= 0.6 is 0 Å². The Morgan fingerprint density at radius 1 is 1.12 bits per heavy atom. The van der Waals surface area contributed by atoms with Gasteiger partial charge >= 0.3 is 5.97 Å². The summed E-state index contributed by atoms with van der Waals surface area (Å²) >= 11 is 0. The Labute approximate surface area is 198 Å². The van der Waals surface area contributed by atoms with Crippen molar-refractivity contribution in [1.82, 2.24) is 4.72 Å². The molecular weight excluding hydrogens is 456 g/mol. The number of nitrogens with zero attached hydrogens (tertiary/aromatic N) is 3. The Balaban J connectivity index is 1.52. The van der Waals surface area contributed by atoms with E-state index in [9.17, 15) is 23.3 Å². The van der Waals surface area contributed by atoms with Crippen LogP contribution < -0.4 is 14.5 Å². The average Bonchev–Trinajstić information content (AvgIpc) is 3.59. The first-order valence-electron chi connectivity index (χ1n) is 10.7. The summed E-state index contributed by atoms with van der Waals surface area (Å²) in [5.41, 5.74) is 2.08. The normalized spacial score (nSPS) is 15.1. The molecule has 1 fully saturated rings. The van der Waals surface area contributed by atoms with Crippen molar-refractivity contribution in [3.63, 3.8) is 0 Å². The summed E-state index contributed by atoms with van der Waals surface area (Å²) in [5, 5.41) is 9.70. The van der Waals surface area contributed by atoms with E-state index in [0.29, 0.717) is 11.4 Å². The highest BCUT2D eigenvalue weighted by molar-refractivity contribution is 7.89. The maximum absolute atomic E-state index is 12.9. The van der Waals surface area contributed by atoms with E-state index >= 15 is 0 Å². The van der Waals surface area contributed by atoms with Crippen LogP contribution in [-0.2, 0) is 19.6 Å². The highest BCUT2D eigenvalue weighted by Gasteiger charge is 2.32. The number of benzene rings is 2. The third-order valence-corrected chi connectivity index (χ3v) is 7.35. The molecule has 0 radical (unpaired) electrons. The van der Waals surface area contributed by atoms with Crippen molar-refractivity contribution in [3.8, 4) is 6.07 Å². The summed E-state index contributed by atoms with van der Waals surface area (Å²) in [4.78, 5) is 29.0. The number of ether oxygens (including phenoxy) is 1. The molecule has 0 unspecified atom stereocenters. The van der Waals surface area contributed by atoms with Crippen molar-refractivity contribution in [2.45, 2.75) is 30.7 Å². The second-order valence-electron chi connectivity index (χ2n) is 8.29. The van der Waals surface area contributed by atoms with Gasteiger partial charge in [-0.05, 0) is 49.6 Å². The van der Waals surface area contributed by atoms with Crippen molar-refractivity contribution in [3.05, 3.63) is 65.0 Å². The second kappa shape index (κ2) is 8.93. The number of ketones is 1. The van der Waals surface area contributed by atoms with Gasteiger partial charge in [0.15, 0.2) is 6.61 Å². The van der Waals surface area contributed by atoms with Gasteiger partial charge in [0.2, 0.25) is 15.8 Å². The number of sulfonamides is 1. The van der Waals surface area contributed by atoms with Crippen molar-refractivity contribution in [2.75, 3.05) is 30.5 Å². The van der Waals surface area contributed by atoms with Crippen LogP contribution in [0.1, 0.15) is 28.8 Å². The number of anilines is 2. The summed E-state index contributed by atoms with van der Waals surface area (Å²) in [6, 6.07) is 13.5. The Kier molecular flexibility index (Phi) is 6.17. The lowest BCUT2D eigenvalue weighted by molar-refractivity contribution is -0.118. The number of carbonyl (C=O) groups excluding carboxylic acids is 2. The van der Waals surface area contributed by atoms with Crippen molar-refractivity contribution in [2.24, 2.45) is 0 Å². The fraction of sp³-hybridized carbons (Fsp3) is 0.292. The van der Waals surface area contributed by atoms with Gasteiger partial charge in [-0.2, -0.15) is 5.26 Å². The third-order valence-electron chi connectivity index (χ3n) is 5.83. The van der Waals surface area contributed by atoms with Gasteiger partial charge in [-0.25, -0.2) is 17.9 Å². The number of hydrogen-bond donors (Lipinski definition) is 1.